The van der Waals surface area contributed by atoms with Gasteiger partial charge in [0.25, 0.3) is 0 Å². The summed E-state index contributed by atoms with van der Waals surface area (Å²) in [5, 5.41) is 3.22. The molecule has 0 saturated heterocycles. The average molecular weight is 387 g/mol. The molecule has 0 unspecified atom stereocenters. The lowest BCUT2D eigenvalue weighted by atomic mass is 10.2. The molecule has 142 valence electrons. The zero-order valence-corrected chi connectivity index (χ0v) is 16.2. The topological polar surface area (TPSA) is 75.2 Å². The van der Waals surface area contributed by atoms with Crippen molar-refractivity contribution in [3.63, 3.8) is 0 Å². The van der Waals surface area contributed by atoms with Gasteiger partial charge in [-0.05, 0) is 44.0 Å². The molecule has 1 aromatic carbocycles. The molecule has 0 spiro atoms. The van der Waals surface area contributed by atoms with Gasteiger partial charge in [-0.15, -0.1) is 0 Å². The van der Waals surface area contributed by atoms with Crippen LogP contribution in [0.5, 0.6) is 0 Å². The van der Waals surface area contributed by atoms with E-state index in [0.717, 1.165) is 18.4 Å². The van der Waals surface area contributed by atoms with Gasteiger partial charge in [-0.1, -0.05) is 29.8 Å². The van der Waals surface area contributed by atoms with Gasteiger partial charge in [0.1, 0.15) is 6.54 Å². The van der Waals surface area contributed by atoms with Crippen LogP contribution in [0.25, 0.3) is 11.4 Å². The number of hydrogen-bond acceptors (Lipinski definition) is 4. The molecule has 1 fully saturated rings. The zero-order chi connectivity index (χ0) is 19.6. The van der Waals surface area contributed by atoms with Crippen molar-refractivity contribution in [3.8, 4) is 11.4 Å². The summed E-state index contributed by atoms with van der Waals surface area (Å²) in [6, 6.07) is 9.55. The first-order valence-electron chi connectivity index (χ1n) is 8.72. The van der Waals surface area contributed by atoms with Crippen LogP contribution in [-0.2, 0) is 9.59 Å². The molecule has 7 heteroatoms. The number of allylic oxidation sites excluding steroid dienone is 1. The fraction of sp³-hybridized carbons (Fsp3) is 0.300. The minimum absolute atomic E-state index is 0.0707. The number of nitrogens with zero attached hydrogens (tertiary/aromatic N) is 3. The van der Waals surface area contributed by atoms with Gasteiger partial charge in [0.2, 0.25) is 11.8 Å². The number of nitrogens with one attached hydrogen (secondary N) is 1. The molecule has 0 bridgehead atoms. The van der Waals surface area contributed by atoms with E-state index in [1.807, 2.05) is 24.3 Å². The predicted molar refractivity (Wildman–Crippen MR) is 106 cm³/mol. The summed E-state index contributed by atoms with van der Waals surface area (Å²) in [5.41, 5.74) is 0.938. The van der Waals surface area contributed by atoms with Crippen LogP contribution in [-0.4, -0.2) is 46.3 Å². The Morgan fingerprint density at radius 1 is 1.26 bits per heavy atom. The highest BCUT2D eigenvalue weighted by molar-refractivity contribution is 6.30. The lowest BCUT2D eigenvalue weighted by Crippen LogP contribution is -2.40. The van der Waals surface area contributed by atoms with Gasteiger partial charge in [0, 0.05) is 36.1 Å². The van der Waals surface area contributed by atoms with E-state index in [2.05, 4.69) is 15.3 Å². The van der Waals surface area contributed by atoms with Crippen LogP contribution in [0, 0.1) is 0 Å². The van der Waals surface area contributed by atoms with Crippen LogP contribution in [0.3, 0.4) is 0 Å². The second-order valence-electron chi connectivity index (χ2n) is 5.95. The highest BCUT2D eigenvalue weighted by atomic mass is 35.5. The van der Waals surface area contributed by atoms with E-state index in [1.165, 1.54) is 6.08 Å². The number of likely N-dealkylation sites (N-methyl/N-ethyl adjacent to an activating group) is 1. The van der Waals surface area contributed by atoms with E-state index in [9.17, 15) is 9.59 Å². The smallest absolute Gasteiger partial charge is 0.246 e. The van der Waals surface area contributed by atoms with Gasteiger partial charge in [-0.3, -0.25) is 9.59 Å². The minimum atomic E-state index is -0.116. The van der Waals surface area contributed by atoms with Crippen LogP contribution in [0.4, 0.5) is 0 Å². The zero-order valence-electron chi connectivity index (χ0n) is 15.4. The third-order valence-electron chi connectivity index (χ3n) is 3.82. The Bertz CT molecular complexity index is 792. The Balaban J connectivity index is 0.000000194. The number of hydrogen-bond donors (Lipinski definition) is 1. The fourth-order valence-electron chi connectivity index (χ4n) is 2.32. The highest BCUT2D eigenvalue weighted by Gasteiger charge is 2.32. The summed E-state index contributed by atoms with van der Waals surface area (Å²) in [6.45, 7) is 1.97. The Morgan fingerprint density at radius 3 is 2.52 bits per heavy atom. The van der Waals surface area contributed by atoms with Gasteiger partial charge in [0.05, 0.1) is 0 Å². The van der Waals surface area contributed by atoms with Crippen molar-refractivity contribution in [2.24, 2.45) is 0 Å². The molecule has 2 aromatic rings. The van der Waals surface area contributed by atoms with Crippen molar-refractivity contribution in [3.05, 3.63) is 59.9 Å². The molecule has 1 saturated carbocycles. The van der Waals surface area contributed by atoms with Gasteiger partial charge in [-0.25, -0.2) is 9.97 Å². The Labute approximate surface area is 164 Å². The summed E-state index contributed by atoms with van der Waals surface area (Å²) in [4.78, 5) is 32.5. The van der Waals surface area contributed by atoms with E-state index < -0.39 is 0 Å². The van der Waals surface area contributed by atoms with Crippen molar-refractivity contribution in [1.82, 2.24) is 20.2 Å². The molecule has 27 heavy (non-hydrogen) atoms. The first-order valence-corrected chi connectivity index (χ1v) is 9.09. The lowest BCUT2D eigenvalue weighted by molar-refractivity contribution is -0.132. The molecule has 1 aromatic heterocycles. The number of amides is 2. The Hall–Kier alpha value is -2.73. The van der Waals surface area contributed by atoms with Crippen LogP contribution in [0.2, 0.25) is 5.02 Å². The van der Waals surface area contributed by atoms with Crippen molar-refractivity contribution in [2.45, 2.75) is 25.8 Å². The predicted octanol–water partition coefficient (Wildman–Crippen LogP) is 3.10. The second kappa shape index (κ2) is 10.4. The van der Waals surface area contributed by atoms with Crippen LogP contribution >= 0.6 is 11.6 Å². The van der Waals surface area contributed by atoms with Gasteiger partial charge in [0.15, 0.2) is 5.82 Å². The third-order valence-corrected chi connectivity index (χ3v) is 4.06. The molecule has 6 nitrogen and oxygen atoms in total. The molecule has 3 rings (SSSR count). The molecule has 0 radical (unpaired) electrons. The van der Waals surface area contributed by atoms with Crippen molar-refractivity contribution in [2.75, 3.05) is 13.6 Å². The maximum atomic E-state index is 11.5. The number of aromatic nitrogens is 2. The summed E-state index contributed by atoms with van der Waals surface area (Å²) < 4.78 is 0. The summed E-state index contributed by atoms with van der Waals surface area (Å²) in [7, 11) is 1.58. The van der Waals surface area contributed by atoms with Gasteiger partial charge < -0.3 is 10.2 Å². The fourth-order valence-corrected chi connectivity index (χ4v) is 2.51. The maximum Gasteiger partial charge on any atom is 0.246 e. The quantitative estimate of drug-likeness (QED) is 0.801. The molecule has 1 heterocycles. The molecule has 0 atom stereocenters. The van der Waals surface area contributed by atoms with Crippen LogP contribution in [0.15, 0.2) is 54.9 Å². The molecule has 1 aliphatic carbocycles. The SMILES string of the molecule is C/C=C\C(=O)N(CC(=O)NC)C1CC1.Clc1cccc(-c2ncccn2)c1. The third kappa shape index (κ3) is 6.83. The number of halogens is 1. The Kier molecular flexibility index (Phi) is 7.95. The molecule has 2 amide bonds. The van der Waals surface area contributed by atoms with E-state index >= 15 is 0 Å². The Morgan fingerprint density at radius 2 is 1.96 bits per heavy atom. The normalized spacial score (nSPS) is 12.9. The molecule has 0 aliphatic heterocycles. The summed E-state index contributed by atoms with van der Waals surface area (Å²) in [5.74, 6) is 0.512. The van der Waals surface area contributed by atoms with Crippen LogP contribution in [0.1, 0.15) is 19.8 Å². The summed E-state index contributed by atoms with van der Waals surface area (Å²) in [6.07, 6.45) is 8.65. The number of carbonyl (C=O) groups excluding carboxylic acids is 2. The number of rotatable bonds is 5. The van der Waals surface area contributed by atoms with Gasteiger partial charge in [-0.2, -0.15) is 0 Å². The minimum Gasteiger partial charge on any atom is -0.358 e. The molecular formula is C20H23ClN4O2. The van der Waals surface area contributed by atoms with E-state index in [0.29, 0.717) is 10.8 Å². The highest BCUT2D eigenvalue weighted by Crippen LogP contribution is 2.26. The molecular weight excluding hydrogens is 364 g/mol. The monoisotopic (exact) mass is 386 g/mol. The van der Waals surface area contributed by atoms with E-state index in [4.69, 9.17) is 11.6 Å². The van der Waals surface area contributed by atoms with Crippen LogP contribution < -0.4 is 5.32 Å². The molecule has 1 N–H and O–H groups in total. The lowest BCUT2D eigenvalue weighted by Gasteiger charge is -2.19. The first-order chi connectivity index (χ1) is 13.0. The van der Waals surface area contributed by atoms with E-state index in [-0.39, 0.29) is 24.4 Å². The van der Waals surface area contributed by atoms with Crippen molar-refractivity contribution < 1.29 is 9.59 Å². The first kappa shape index (κ1) is 20.6. The maximum absolute atomic E-state index is 11.5. The number of benzene rings is 1. The average Bonchev–Trinajstić information content (AvgIpc) is 3.52. The molecule has 1 aliphatic rings. The number of carbonyl (C=O) groups is 2. The van der Waals surface area contributed by atoms with E-state index in [1.54, 1.807) is 43.4 Å². The largest absolute Gasteiger partial charge is 0.358 e. The summed E-state index contributed by atoms with van der Waals surface area (Å²) >= 11 is 5.84. The van der Waals surface area contributed by atoms with Crippen molar-refractivity contribution >= 4 is 23.4 Å². The second-order valence-corrected chi connectivity index (χ2v) is 6.39. The standard InChI is InChI=1S/C10H7ClN2.C10H16N2O2/c11-9-4-1-3-8(7-9)10-12-5-2-6-13-10;1-3-4-10(14)12(8-5-6-8)7-9(13)11-2/h1-7H;3-4,8H,5-7H2,1-2H3,(H,11,13)/b;4-3-. The van der Waals surface area contributed by atoms with Crippen molar-refractivity contribution in [1.29, 1.82) is 0 Å². The van der Waals surface area contributed by atoms with Gasteiger partial charge >= 0.3 is 0 Å².